The number of carbonyl (C=O) groups is 1. The van der Waals surface area contributed by atoms with Crippen LogP contribution in [0, 0.1) is 5.82 Å². The number of aryl methyl sites for hydroxylation is 1. The third-order valence-electron chi connectivity index (χ3n) is 4.33. The number of benzene rings is 1. The fraction of sp³-hybridized carbons (Fsp3) is 0.333. The molecule has 0 unspecified atom stereocenters. The van der Waals surface area contributed by atoms with Gasteiger partial charge in [-0.1, -0.05) is 12.1 Å². The van der Waals surface area contributed by atoms with Crippen LogP contribution in [0.2, 0.25) is 0 Å². The molecule has 9 heteroatoms. The Labute approximate surface area is 160 Å². The molecule has 1 N–H and O–H groups in total. The van der Waals surface area contributed by atoms with Crippen molar-refractivity contribution < 1.29 is 9.18 Å². The fourth-order valence-corrected chi connectivity index (χ4v) is 3.93. The molecule has 0 spiro atoms. The number of rotatable bonds is 4. The quantitative estimate of drug-likeness (QED) is 0.739. The van der Waals surface area contributed by atoms with Crippen LogP contribution in [0.1, 0.15) is 16.2 Å². The first-order chi connectivity index (χ1) is 13.1. The number of carbonyl (C=O) groups excluding carboxylic acids is 1. The molecule has 1 fully saturated rings. The van der Waals surface area contributed by atoms with Crippen LogP contribution in [0.15, 0.2) is 30.5 Å². The zero-order valence-corrected chi connectivity index (χ0v) is 15.7. The first-order valence-electron chi connectivity index (χ1n) is 8.67. The minimum Gasteiger partial charge on any atom is -0.354 e. The Morgan fingerprint density at radius 1 is 1.30 bits per heavy atom. The molecule has 140 valence electrons. The van der Waals surface area contributed by atoms with Gasteiger partial charge in [-0.3, -0.25) is 9.48 Å². The highest BCUT2D eigenvalue weighted by Crippen LogP contribution is 2.25. The number of halogens is 1. The van der Waals surface area contributed by atoms with Crippen LogP contribution in [0.25, 0.3) is 11.0 Å². The summed E-state index contributed by atoms with van der Waals surface area (Å²) in [4.78, 5) is 23.6. The minimum absolute atomic E-state index is 0.0748. The number of fused-ring (bicyclic) bond motifs is 1. The molecule has 0 aliphatic carbocycles. The van der Waals surface area contributed by atoms with Crippen LogP contribution < -0.4 is 10.2 Å². The van der Waals surface area contributed by atoms with Crippen molar-refractivity contribution in [3.8, 4) is 0 Å². The van der Waals surface area contributed by atoms with Gasteiger partial charge in [0.2, 0.25) is 5.82 Å². The van der Waals surface area contributed by atoms with Gasteiger partial charge in [0.1, 0.15) is 11.6 Å². The summed E-state index contributed by atoms with van der Waals surface area (Å²) in [6, 6.07) is 6.12. The Morgan fingerprint density at radius 3 is 2.89 bits per heavy atom. The molecular formula is C18H19FN6OS. The molecular weight excluding hydrogens is 367 g/mol. The summed E-state index contributed by atoms with van der Waals surface area (Å²) in [7, 11) is 1.82. The van der Waals surface area contributed by atoms with Crippen molar-refractivity contribution in [1.29, 1.82) is 0 Å². The smallest absolute Gasteiger partial charge is 0.289 e. The average molecular weight is 386 g/mol. The summed E-state index contributed by atoms with van der Waals surface area (Å²) in [5.74, 6) is 2.12. The number of hydrogen-bond donors (Lipinski definition) is 1. The van der Waals surface area contributed by atoms with Gasteiger partial charge in [-0.2, -0.15) is 16.9 Å². The van der Waals surface area contributed by atoms with Gasteiger partial charge in [-0.05, 0) is 17.7 Å². The number of hydrogen-bond acceptors (Lipinski definition) is 6. The van der Waals surface area contributed by atoms with Crippen molar-refractivity contribution in [3.05, 3.63) is 47.7 Å². The largest absolute Gasteiger partial charge is 0.354 e. The van der Waals surface area contributed by atoms with Gasteiger partial charge in [0.25, 0.3) is 5.91 Å². The second-order valence-corrected chi connectivity index (χ2v) is 7.55. The predicted molar refractivity (Wildman–Crippen MR) is 103 cm³/mol. The maximum Gasteiger partial charge on any atom is 0.289 e. The molecule has 0 atom stereocenters. The maximum absolute atomic E-state index is 13.3. The SMILES string of the molecule is Cn1cc2c(N3CCSCC3)nc(C(=O)NCc3cccc(F)c3)nc2n1. The lowest BCUT2D eigenvalue weighted by Crippen LogP contribution is -2.34. The van der Waals surface area contributed by atoms with Crippen molar-refractivity contribution in [2.24, 2.45) is 7.05 Å². The third kappa shape index (κ3) is 3.87. The van der Waals surface area contributed by atoms with Crippen molar-refractivity contribution in [2.45, 2.75) is 6.54 Å². The van der Waals surface area contributed by atoms with E-state index in [1.807, 2.05) is 25.0 Å². The van der Waals surface area contributed by atoms with Crippen molar-refractivity contribution >= 4 is 34.5 Å². The van der Waals surface area contributed by atoms with Gasteiger partial charge < -0.3 is 10.2 Å². The molecule has 1 aliphatic rings. The normalized spacial score (nSPS) is 14.5. The number of nitrogens with one attached hydrogen (secondary N) is 1. The Bertz CT molecular complexity index is 985. The van der Waals surface area contributed by atoms with Crippen LogP contribution in [0.4, 0.5) is 10.2 Å². The van der Waals surface area contributed by atoms with Crippen LogP contribution in [-0.2, 0) is 13.6 Å². The van der Waals surface area contributed by atoms with Crippen molar-refractivity contribution in [1.82, 2.24) is 25.1 Å². The highest BCUT2D eigenvalue weighted by atomic mass is 32.2. The van der Waals surface area contributed by atoms with Gasteiger partial charge in [0.05, 0.1) is 5.39 Å². The first kappa shape index (κ1) is 17.7. The summed E-state index contributed by atoms with van der Waals surface area (Å²) in [6.45, 7) is 1.95. The van der Waals surface area contributed by atoms with Gasteiger partial charge in [-0.15, -0.1) is 0 Å². The topological polar surface area (TPSA) is 75.9 Å². The molecule has 7 nitrogen and oxygen atoms in total. The van der Waals surface area contributed by atoms with Crippen LogP contribution in [-0.4, -0.2) is 50.3 Å². The van der Waals surface area contributed by atoms with Crippen LogP contribution in [0.5, 0.6) is 0 Å². The van der Waals surface area contributed by atoms with E-state index in [9.17, 15) is 9.18 Å². The van der Waals surface area contributed by atoms with Crippen LogP contribution >= 0.6 is 11.8 Å². The maximum atomic E-state index is 13.3. The summed E-state index contributed by atoms with van der Waals surface area (Å²) < 4.78 is 15.0. The standard InChI is InChI=1S/C18H19FN6OS/c1-24-11-14-15(23-24)21-16(22-17(14)25-5-7-27-8-6-25)18(26)20-10-12-3-2-4-13(19)9-12/h2-4,9,11H,5-8,10H2,1H3,(H,20,26). The van der Waals surface area contributed by atoms with Gasteiger partial charge in [-0.25, -0.2) is 14.4 Å². The molecule has 3 heterocycles. The first-order valence-corrected chi connectivity index (χ1v) is 9.82. The van der Waals surface area contributed by atoms with Crippen molar-refractivity contribution in [2.75, 3.05) is 29.5 Å². The molecule has 1 amide bonds. The molecule has 0 bridgehead atoms. The van der Waals surface area contributed by atoms with E-state index in [4.69, 9.17) is 0 Å². The van der Waals surface area contributed by atoms with E-state index in [0.717, 1.165) is 35.8 Å². The summed E-state index contributed by atoms with van der Waals surface area (Å²) >= 11 is 1.91. The highest BCUT2D eigenvalue weighted by molar-refractivity contribution is 7.99. The molecule has 0 radical (unpaired) electrons. The zero-order valence-electron chi connectivity index (χ0n) is 14.9. The van der Waals surface area contributed by atoms with Gasteiger partial charge in [0, 0.05) is 44.4 Å². The lowest BCUT2D eigenvalue weighted by molar-refractivity contribution is 0.0941. The second-order valence-electron chi connectivity index (χ2n) is 6.32. The molecule has 4 rings (SSSR count). The summed E-state index contributed by atoms with van der Waals surface area (Å²) in [6.07, 6.45) is 1.88. The average Bonchev–Trinajstić information content (AvgIpc) is 3.06. The van der Waals surface area contributed by atoms with Crippen molar-refractivity contribution in [3.63, 3.8) is 0 Å². The van der Waals surface area contributed by atoms with E-state index in [2.05, 4.69) is 25.3 Å². The van der Waals surface area contributed by atoms with E-state index >= 15 is 0 Å². The summed E-state index contributed by atoms with van der Waals surface area (Å²) in [5.41, 5.74) is 1.17. The Hall–Kier alpha value is -2.68. The Kier molecular flexibility index (Phi) is 4.93. The fourth-order valence-electron chi connectivity index (χ4n) is 3.03. The zero-order chi connectivity index (χ0) is 18.8. The monoisotopic (exact) mass is 386 g/mol. The second kappa shape index (κ2) is 7.51. The Balaban J connectivity index is 1.61. The number of aromatic nitrogens is 4. The molecule has 0 saturated carbocycles. The predicted octanol–water partition coefficient (Wildman–Crippen LogP) is 1.99. The Morgan fingerprint density at radius 2 is 2.11 bits per heavy atom. The van der Waals surface area contributed by atoms with E-state index in [1.54, 1.807) is 16.8 Å². The lowest BCUT2D eigenvalue weighted by atomic mass is 10.2. The molecule has 2 aromatic heterocycles. The van der Waals surface area contributed by atoms with E-state index in [0.29, 0.717) is 11.2 Å². The van der Waals surface area contributed by atoms with Gasteiger partial charge in [0.15, 0.2) is 5.65 Å². The third-order valence-corrected chi connectivity index (χ3v) is 5.27. The van der Waals surface area contributed by atoms with Crippen LogP contribution in [0.3, 0.4) is 0 Å². The molecule has 3 aromatic rings. The molecule has 1 aliphatic heterocycles. The van der Waals surface area contributed by atoms with E-state index in [1.165, 1.54) is 12.1 Å². The van der Waals surface area contributed by atoms with Gasteiger partial charge >= 0.3 is 0 Å². The number of nitrogens with zero attached hydrogens (tertiary/aromatic N) is 5. The lowest BCUT2D eigenvalue weighted by Gasteiger charge is -2.27. The molecule has 27 heavy (non-hydrogen) atoms. The number of thioether (sulfide) groups is 1. The number of amides is 1. The van der Waals surface area contributed by atoms with E-state index in [-0.39, 0.29) is 18.2 Å². The summed E-state index contributed by atoms with van der Waals surface area (Å²) in [5, 5.41) is 7.94. The minimum atomic E-state index is -0.403. The molecule has 1 aromatic carbocycles. The molecule has 1 saturated heterocycles. The highest BCUT2D eigenvalue weighted by Gasteiger charge is 2.21. The number of anilines is 1. The van der Waals surface area contributed by atoms with E-state index < -0.39 is 5.91 Å².